The first-order valence-electron chi connectivity index (χ1n) is 9.90. The van der Waals surface area contributed by atoms with Crippen LogP contribution in [0.2, 0.25) is 0 Å². The van der Waals surface area contributed by atoms with Gasteiger partial charge in [0.25, 0.3) is 0 Å². The van der Waals surface area contributed by atoms with E-state index in [4.69, 9.17) is 0 Å². The summed E-state index contributed by atoms with van der Waals surface area (Å²) in [6.07, 6.45) is 0.764. The van der Waals surface area contributed by atoms with Gasteiger partial charge in [-0.05, 0) is 0 Å². The van der Waals surface area contributed by atoms with Crippen molar-refractivity contribution in [3.05, 3.63) is 11.6 Å². The highest BCUT2D eigenvalue weighted by Crippen LogP contribution is 2.17. The topological polar surface area (TPSA) is 90.3 Å². The molecule has 29 heavy (non-hydrogen) atoms. The van der Waals surface area contributed by atoms with Gasteiger partial charge >= 0.3 is 0 Å². The van der Waals surface area contributed by atoms with Crippen LogP contribution in [0.15, 0.2) is 0 Å². The summed E-state index contributed by atoms with van der Waals surface area (Å²) >= 11 is 0. The number of likely N-dealkylation sites (N-methyl/N-ethyl adjacent to an activating group) is 2. The summed E-state index contributed by atoms with van der Waals surface area (Å²) in [6.45, 7) is 7.65. The van der Waals surface area contributed by atoms with Gasteiger partial charge in [-0.3, -0.25) is 0 Å². The van der Waals surface area contributed by atoms with Gasteiger partial charge in [0.1, 0.15) is 11.6 Å². The van der Waals surface area contributed by atoms with Crippen LogP contribution < -0.4 is 19.6 Å². The van der Waals surface area contributed by atoms with Gasteiger partial charge in [-0.1, -0.05) is 20.8 Å². The predicted molar refractivity (Wildman–Crippen MR) is 118 cm³/mol. The quantitative estimate of drug-likeness (QED) is 0.614. The van der Waals surface area contributed by atoms with Crippen molar-refractivity contribution in [2.24, 2.45) is 0 Å². The molecule has 0 aliphatic rings. The Bertz CT molecular complexity index is 779. The van der Waals surface area contributed by atoms with Gasteiger partial charge in [-0.15, -0.1) is 0 Å². The molecule has 0 aliphatic heterocycles. The molecule has 2 heterocycles. The zero-order valence-electron chi connectivity index (χ0n) is 19.2. The molecule has 2 aromatic heterocycles. The number of anilines is 4. The number of aryl methyl sites for hydroxylation is 1. The van der Waals surface area contributed by atoms with Gasteiger partial charge in [-0.25, -0.2) is 0 Å². The zero-order valence-corrected chi connectivity index (χ0v) is 19.2. The van der Waals surface area contributed by atoms with E-state index in [0.29, 0.717) is 23.8 Å². The van der Waals surface area contributed by atoms with Crippen LogP contribution in [0.4, 0.5) is 23.8 Å². The lowest BCUT2D eigenvalue weighted by atomic mass is 10.2. The van der Waals surface area contributed by atoms with Gasteiger partial charge < -0.3 is 19.6 Å². The third-order valence-electron chi connectivity index (χ3n) is 4.37. The Hall–Kier alpha value is -2.78. The third kappa shape index (κ3) is 5.85. The maximum atomic E-state index is 4.64. The molecule has 160 valence electrons. The van der Waals surface area contributed by atoms with Crippen molar-refractivity contribution in [3.8, 4) is 0 Å². The fraction of sp³-hybridized carbons (Fsp3) is 0.684. The van der Waals surface area contributed by atoms with E-state index in [9.17, 15) is 0 Å². The summed E-state index contributed by atoms with van der Waals surface area (Å²) in [5.74, 6) is 4.48. The minimum absolute atomic E-state index is 0.230. The van der Waals surface area contributed by atoms with Crippen LogP contribution in [-0.2, 0) is 6.42 Å². The highest BCUT2D eigenvalue weighted by Gasteiger charge is 2.16. The molecule has 2 rings (SSSR count). The lowest BCUT2D eigenvalue weighted by Crippen LogP contribution is -2.33. The molecule has 2 aromatic rings. The SMILES string of the molecule is CCc1nc(N(C)C)nc(N(C)CCN(C)c2nc(C(C)C)nc(N(C)C)n2)n1. The Morgan fingerprint density at radius 2 is 1.03 bits per heavy atom. The average molecular weight is 403 g/mol. The molecule has 0 saturated heterocycles. The largest absolute Gasteiger partial charge is 0.347 e. The van der Waals surface area contributed by atoms with E-state index in [0.717, 1.165) is 31.2 Å². The summed E-state index contributed by atoms with van der Waals surface area (Å²) in [5.41, 5.74) is 0. The van der Waals surface area contributed by atoms with E-state index < -0.39 is 0 Å². The highest BCUT2D eigenvalue weighted by atomic mass is 15.3. The molecule has 0 amide bonds. The van der Waals surface area contributed by atoms with Crippen molar-refractivity contribution in [2.45, 2.75) is 33.1 Å². The van der Waals surface area contributed by atoms with Crippen LogP contribution in [0, 0.1) is 0 Å². The Morgan fingerprint density at radius 1 is 0.621 bits per heavy atom. The second kappa shape index (κ2) is 9.62. The van der Waals surface area contributed by atoms with Gasteiger partial charge in [0, 0.05) is 67.7 Å². The maximum Gasteiger partial charge on any atom is 0.230 e. The lowest BCUT2D eigenvalue weighted by molar-refractivity contribution is 0.727. The van der Waals surface area contributed by atoms with Crippen molar-refractivity contribution in [2.75, 3.05) is 75.0 Å². The first-order chi connectivity index (χ1) is 13.6. The number of aromatic nitrogens is 6. The van der Waals surface area contributed by atoms with Crippen molar-refractivity contribution >= 4 is 23.8 Å². The van der Waals surface area contributed by atoms with Crippen molar-refractivity contribution in [1.29, 1.82) is 0 Å². The Balaban J connectivity index is 2.16. The van der Waals surface area contributed by atoms with E-state index >= 15 is 0 Å². The highest BCUT2D eigenvalue weighted by molar-refractivity contribution is 5.40. The molecule has 0 radical (unpaired) electrons. The van der Waals surface area contributed by atoms with Crippen molar-refractivity contribution in [1.82, 2.24) is 29.9 Å². The van der Waals surface area contributed by atoms with E-state index in [-0.39, 0.29) is 5.92 Å². The normalized spacial score (nSPS) is 11.0. The second-order valence-electron chi connectivity index (χ2n) is 7.79. The fourth-order valence-electron chi connectivity index (χ4n) is 2.42. The molecule has 0 bridgehead atoms. The summed E-state index contributed by atoms with van der Waals surface area (Å²) in [4.78, 5) is 35.2. The molecular formula is C19H34N10. The van der Waals surface area contributed by atoms with E-state index in [1.807, 2.05) is 68.8 Å². The third-order valence-corrected chi connectivity index (χ3v) is 4.37. The van der Waals surface area contributed by atoms with Crippen LogP contribution in [0.1, 0.15) is 38.3 Å². The molecule has 10 heteroatoms. The van der Waals surface area contributed by atoms with Crippen LogP contribution in [0.5, 0.6) is 0 Å². The minimum atomic E-state index is 0.230. The molecule has 0 spiro atoms. The summed E-state index contributed by atoms with van der Waals surface area (Å²) in [5, 5.41) is 0. The van der Waals surface area contributed by atoms with Crippen LogP contribution in [0.25, 0.3) is 0 Å². The summed E-state index contributed by atoms with van der Waals surface area (Å²) in [6, 6.07) is 0. The second-order valence-corrected chi connectivity index (χ2v) is 7.79. The minimum Gasteiger partial charge on any atom is -0.347 e. The monoisotopic (exact) mass is 402 g/mol. The first kappa shape index (κ1) is 22.5. The molecule has 0 saturated carbocycles. The molecule has 0 N–H and O–H groups in total. The van der Waals surface area contributed by atoms with Gasteiger partial charge in [0.2, 0.25) is 23.8 Å². The van der Waals surface area contributed by atoms with Crippen LogP contribution in [0.3, 0.4) is 0 Å². The standard InChI is InChI=1S/C19H34N10/c1-10-14-20-16(26(4)5)24-18(21-14)28(8)11-12-29(9)19-23-15(13(2)3)22-17(25-19)27(6)7/h13H,10-12H2,1-9H3. The Morgan fingerprint density at radius 3 is 1.48 bits per heavy atom. The fourth-order valence-corrected chi connectivity index (χ4v) is 2.42. The summed E-state index contributed by atoms with van der Waals surface area (Å²) in [7, 11) is 11.7. The number of nitrogens with zero attached hydrogens (tertiary/aromatic N) is 10. The zero-order chi connectivity index (χ0) is 21.7. The Labute approximate surface area is 174 Å². The van der Waals surface area contributed by atoms with Crippen molar-refractivity contribution < 1.29 is 0 Å². The Kier molecular flexibility index (Phi) is 7.46. The van der Waals surface area contributed by atoms with E-state index in [2.05, 4.69) is 43.8 Å². The van der Waals surface area contributed by atoms with Gasteiger partial charge in [0.15, 0.2) is 0 Å². The smallest absolute Gasteiger partial charge is 0.230 e. The van der Waals surface area contributed by atoms with Gasteiger partial charge in [0.05, 0.1) is 0 Å². The van der Waals surface area contributed by atoms with Crippen LogP contribution in [-0.4, -0.2) is 85.3 Å². The summed E-state index contributed by atoms with van der Waals surface area (Å²) < 4.78 is 0. The number of hydrogen-bond acceptors (Lipinski definition) is 10. The number of rotatable bonds is 9. The molecule has 10 nitrogen and oxygen atoms in total. The molecule has 0 fully saturated rings. The number of hydrogen-bond donors (Lipinski definition) is 0. The molecule has 0 atom stereocenters. The van der Waals surface area contributed by atoms with Gasteiger partial charge in [-0.2, -0.15) is 29.9 Å². The van der Waals surface area contributed by atoms with E-state index in [1.165, 1.54) is 0 Å². The molecule has 0 aromatic carbocycles. The maximum absolute atomic E-state index is 4.64. The predicted octanol–water partition coefficient (Wildman–Crippen LogP) is 1.45. The van der Waals surface area contributed by atoms with Crippen molar-refractivity contribution in [3.63, 3.8) is 0 Å². The lowest BCUT2D eigenvalue weighted by Gasteiger charge is -2.24. The van der Waals surface area contributed by atoms with E-state index in [1.54, 1.807) is 0 Å². The molecule has 0 aliphatic carbocycles. The molecular weight excluding hydrogens is 368 g/mol. The molecule has 0 unspecified atom stereocenters. The first-order valence-corrected chi connectivity index (χ1v) is 9.90. The van der Waals surface area contributed by atoms with Crippen LogP contribution >= 0.6 is 0 Å². The average Bonchev–Trinajstić information content (AvgIpc) is 2.70.